The fourth-order valence-electron chi connectivity index (χ4n) is 3.38. The molecule has 7 heteroatoms. The molecule has 0 bridgehead atoms. The zero-order valence-electron chi connectivity index (χ0n) is 17.0. The predicted molar refractivity (Wildman–Crippen MR) is 116 cm³/mol. The maximum Gasteiger partial charge on any atom is 0.405 e. The fraction of sp³-hybridized carbons (Fsp3) is 0.217. The van der Waals surface area contributed by atoms with E-state index in [0.717, 1.165) is 27.1 Å². The van der Waals surface area contributed by atoms with Gasteiger partial charge in [0.2, 0.25) is 0 Å². The van der Waals surface area contributed by atoms with Gasteiger partial charge in [0.1, 0.15) is 6.04 Å². The Kier molecular flexibility index (Phi) is 6.87. The minimum atomic E-state index is -1.26. The highest BCUT2D eigenvalue weighted by molar-refractivity contribution is 5.88. The molecule has 2 aromatic carbocycles. The summed E-state index contributed by atoms with van der Waals surface area (Å²) < 4.78 is 2.09. The summed E-state index contributed by atoms with van der Waals surface area (Å²) in [5.41, 5.74) is 3.02. The molecule has 2 N–H and O–H groups in total. The van der Waals surface area contributed by atoms with Crippen molar-refractivity contribution in [3.63, 3.8) is 0 Å². The molecular formula is C23H25N3O4. The van der Waals surface area contributed by atoms with Crippen LogP contribution in [0.4, 0.5) is 4.79 Å². The highest BCUT2D eigenvalue weighted by atomic mass is 16.7. The number of hydrogen-bond acceptors (Lipinski definition) is 3. The van der Waals surface area contributed by atoms with Gasteiger partial charge in [-0.05, 0) is 17.2 Å². The summed E-state index contributed by atoms with van der Waals surface area (Å²) in [6.45, 7) is 0.651. The van der Waals surface area contributed by atoms with E-state index >= 15 is 0 Å². The number of carbonyl (C=O) groups excluding carboxylic acids is 1. The molecule has 0 saturated carbocycles. The first-order chi connectivity index (χ1) is 14.5. The molecule has 2 amide bonds. The van der Waals surface area contributed by atoms with E-state index in [0.29, 0.717) is 6.54 Å². The van der Waals surface area contributed by atoms with Gasteiger partial charge in [-0.2, -0.15) is 0 Å². The standard InChI is InChI=1S/C23H25N3O4/c1-25(30-2)22(27)20(24-23(28)29)15-18-16-26(21-13-7-6-12-19(18)21)14-8-11-17-9-4-3-5-10-17/h3-13,16,20,24H,14-15H2,1-2H3,(H,28,29)/t20-/m1/s1. The molecule has 0 aliphatic heterocycles. The van der Waals surface area contributed by atoms with Crippen molar-refractivity contribution in [3.05, 3.63) is 78.0 Å². The molecule has 156 valence electrons. The Bertz CT molecular complexity index is 1040. The molecule has 0 unspecified atom stereocenters. The van der Waals surface area contributed by atoms with E-state index in [4.69, 9.17) is 4.84 Å². The van der Waals surface area contributed by atoms with Gasteiger partial charge in [-0.25, -0.2) is 9.86 Å². The maximum atomic E-state index is 12.5. The smallest absolute Gasteiger partial charge is 0.405 e. The van der Waals surface area contributed by atoms with Crippen LogP contribution < -0.4 is 5.32 Å². The summed E-state index contributed by atoms with van der Waals surface area (Å²) >= 11 is 0. The van der Waals surface area contributed by atoms with Crippen molar-refractivity contribution in [2.45, 2.75) is 19.0 Å². The fourth-order valence-corrected chi connectivity index (χ4v) is 3.38. The van der Waals surface area contributed by atoms with Crippen molar-refractivity contribution >= 4 is 29.0 Å². The monoisotopic (exact) mass is 407 g/mol. The zero-order chi connectivity index (χ0) is 21.5. The molecule has 30 heavy (non-hydrogen) atoms. The Morgan fingerprint density at radius 2 is 1.87 bits per heavy atom. The van der Waals surface area contributed by atoms with Gasteiger partial charge in [-0.15, -0.1) is 0 Å². The summed E-state index contributed by atoms with van der Waals surface area (Å²) in [4.78, 5) is 28.7. The first-order valence-corrected chi connectivity index (χ1v) is 9.59. The summed E-state index contributed by atoms with van der Waals surface area (Å²) in [6, 6.07) is 17.0. The Morgan fingerprint density at radius 1 is 1.17 bits per heavy atom. The van der Waals surface area contributed by atoms with Gasteiger partial charge in [0.25, 0.3) is 5.91 Å². The van der Waals surface area contributed by atoms with E-state index < -0.39 is 18.0 Å². The third-order valence-electron chi connectivity index (χ3n) is 4.89. The van der Waals surface area contributed by atoms with Crippen LogP contribution >= 0.6 is 0 Å². The zero-order valence-corrected chi connectivity index (χ0v) is 17.0. The van der Waals surface area contributed by atoms with Gasteiger partial charge in [0.15, 0.2) is 0 Å². The molecule has 1 heterocycles. The van der Waals surface area contributed by atoms with Crippen molar-refractivity contribution in [2.24, 2.45) is 0 Å². The number of nitrogens with one attached hydrogen (secondary N) is 1. The Morgan fingerprint density at radius 3 is 2.57 bits per heavy atom. The summed E-state index contributed by atoms with van der Waals surface area (Å²) in [5.74, 6) is -0.458. The van der Waals surface area contributed by atoms with Gasteiger partial charge in [-0.3, -0.25) is 9.63 Å². The average Bonchev–Trinajstić information content (AvgIpc) is 3.10. The number of rotatable bonds is 8. The number of nitrogens with zero attached hydrogens (tertiary/aromatic N) is 2. The lowest BCUT2D eigenvalue weighted by Crippen LogP contribution is -2.47. The van der Waals surface area contributed by atoms with E-state index in [2.05, 4.69) is 22.0 Å². The number of hydroxylamine groups is 2. The number of benzene rings is 2. The summed E-state index contributed by atoms with van der Waals surface area (Å²) in [7, 11) is 2.82. The van der Waals surface area contributed by atoms with Crippen LogP contribution in [0.15, 0.2) is 66.9 Å². The average molecular weight is 407 g/mol. The number of likely N-dealkylation sites (N-methyl/N-ethyl adjacent to an activating group) is 1. The van der Waals surface area contributed by atoms with E-state index in [-0.39, 0.29) is 6.42 Å². The first kappa shape index (κ1) is 21.1. The number of aromatic nitrogens is 1. The van der Waals surface area contributed by atoms with Crippen LogP contribution in [0.25, 0.3) is 17.0 Å². The molecule has 3 rings (SSSR count). The molecule has 0 aliphatic rings. The summed E-state index contributed by atoms with van der Waals surface area (Å²) in [5, 5.41) is 13.5. The molecule has 3 aromatic rings. The predicted octanol–water partition coefficient (Wildman–Crippen LogP) is 3.55. The third kappa shape index (κ3) is 5.07. The lowest BCUT2D eigenvalue weighted by atomic mass is 10.0. The minimum Gasteiger partial charge on any atom is -0.465 e. The molecular weight excluding hydrogens is 382 g/mol. The van der Waals surface area contributed by atoms with Crippen molar-refractivity contribution < 1.29 is 19.5 Å². The van der Waals surface area contributed by atoms with Crippen LogP contribution in [-0.4, -0.2) is 46.9 Å². The lowest BCUT2D eigenvalue weighted by Gasteiger charge is -2.21. The second kappa shape index (κ2) is 9.76. The van der Waals surface area contributed by atoms with Gasteiger partial charge >= 0.3 is 6.09 Å². The van der Waals surface area contributed by atoms with Crippen LogP contribution in [0.2, 0.25) is 0 Å². The van der Waals surface area contributed by atoms with E-state index in [1.165, 1.54) is 14.2 Å². The first-order valence-electron chi connectivity index (χ1n) is 9.59. The number of allylic oxidation sites excluding steroid dienone is 1. The molecule has 0 saturated heterocycles. The van der Waals surface area contributed by atoms with E-state index in [1.807, 2.05) is 60.8 Å². The van der Waals surface area contributed by atoms with Gasteiger partial charge in [0, 0.05) is 37.1 Å². The number of carbonyl (C=O) groups is 2. The minimum absolute atomic E-state index is 0.217. The van der Waals surface area contributed by atoms with Crippen molar-refractivity contribution in [1.29, 1.82) is 0 Å². The Hall–Kier alpha value is -3.58. The van der Waals surface area contributed by atoms with E-state index in [1.54, 1.807) is 0 Å². The largest absolute Gasteiger partial charge is 0.465 e. The van der Waals surface area contributed by atoms with Crippen LogP contribution in [0, 0.1) is 0 Å². The number of fused-ring (bicyclic) bond motifs is 1. The second-order valence-corrected chi connectivity index (χ2v) is 6.86. The molecule has 0 aliphatic carbocycles. The van der Waals surface area contributed by atoms with Crippen LogP contribution in [-0.2, 0) is 22.6 Å². The third-order valence-corrected chi connectivity index (χ3v) is 4.89. The molecule has 1 atom stereocenters. The Balaban J connectivity index is 1.87. The number of amides is 2. The molecule has 0 fully saturated rings. The van der Waals surface area contributed by atoms with Crippen molar-refractivity contribution in [3.8, 4) is 0 Å². The van der Waals surface area contributed by atoms with Gasteiger partial charge in [-0.1, -0.05) is 60.7 Å². The van der Waals surface area contributed by atoms with Crippen LogP contribution in [0.3, 0.4) is 0 Å². The number of carboxylic acid groups (broad SMARTS) is 1. The van der Waals surface area contributed by atoms with Crippen LogP contribution in [0.1, 0.15) is 11.1 Å². The lowest BCUT2D eigenvalue weighted by molar-refractivity contribution is -0.170. The van der Waals surface area contributed by atoms with Gasteiger partial charge in [0.05, 0.1) is 7.11 Å². The second-order valence-electron chi connectivity index (χ2n) is 6.86. The molecule has 0 radical (unpaired) electrons. The molecule has 7 nitrogen and oxygen atoms in total. The molecule has 1 aromatic heterocycles. The molecule has 0 spiro atoms. The topological polar surface area (TPSA) is 83.8 Å². The quantitative estimate of drug-likeness (QED) is 0.560. The SMILES string of the molecule is CON(C)C(=O)[C@@H](Cc1cn(CC=Cc2ccccc2)c2ccccc12)NC(=O)O. The number of para-hydroxylation sites is 1. The summed E-state index contributed by atoms with van der Waals surface area (Å²) in [6.07, 6.45) is 5.06. The van der Waals surface area contributed by atoms with Crippen molar-refractivity contribution in [2.75, 3.05) is 14.2 Å². The highest BCUT2D eigenvalue weighted by Crippen LogP contribution is 2.23. The highest BCUT2D eigenvalue weighted by Gasteiger charge is 2.26. The maximum absolute atomic E-state index is 12.5. The number of hydrogen-bond donors (Lipinski definition) is 2. The normalized spacial score (nSPS) is 12.2. The van der Waals surface area contributed by atoms with Crippen molar-refractivity contribution in [1.82, 2.24) is 14.9 Å². The van der Waals surface area contributed by atoms with Crippen LogP contribution in [0.5, 0.6) is 0 Å². The van der Waals surface area contributed by atoms with Gasteiger partial charge < -0.3 is 15.0 Å². The van der Waals surface area contributed by atoms with E-state index in [9.17, 15) is 14.7 Å². The Labute approximate surface area is 175 Å².